The Balaban J connectivity index is 1.97. The van der Waals surface area contributed by atoms with E-state index in [-0.39, 0.29) is 19.7 Å². The van der Waals surface area contributed by atoms with Crippen molar-refractivity contribution in [3.8, 4) is 0 Å². The van der Waals surface area contributed by atoms with Gasteiger partial charge in [0.15, 0.2) is 0 Å². The molecule has 0 aromatic carbocycles. The summed E-state index contributed by atoms with van der Waals surface area (Å²) < 4.78 is 5.30. The Morgan fingerprint density at radius 3 is 2.50 bits per heavy atom. The van der Waals surface area contributed by atoms with Crippen molar-refractivity contribution in [3.05, 3.63) is 0 Å². The maximum atomic E-state index is 11.9. The summed E-state index contributed by atoms with van der Waals surface area (Å²) in [5, 5.41) is 20.5. The highest BCUT2D eigenvalue weighted by molar-refractivity contribution is 7.99. The third kappa shape index (κ3) is 2.92. The highest BCUT2D eigenvalue weighted by Crippen LogP contribution is 2.47. The van der Waals surface area contributed by atoms with E-state index in [2.05, 4.69) is 0 Å². The van der Waals surface area contributed by atoms with Crippen LogP contribution in [-0.2, 0) is 4.74 Å². The normalized spacial score (nSPS) is 29.8. The first-order chi connectivity index (χ1) is 9.21. The molecule has 2 fully saturated rings. The van der Waals surface area contributed by atoms with Gasteiger partial charge in [0.05, 0.1) is 19.7 Å². The number of hydrogen-bond donors (Lipinski definition) is 2. The number of carbonyl (C=O) groups is 1. The van der Waals surface area contributed by atoms with Crippen LogP contribution in [0.15, 0.2) is 0 Å². The Morgan fingerprint density at radius 1 is 1.40 bits per heavy atom. The second-order valence-corrected chi connectivity index (χ2v) is 8.07. The molecule has 0 spiro atoms. The van der Waals surface area contributed by atoms with Crippen molar-refractivity contribution in [1.29, 1.82) is 0 Å². The molecule has 0 aromatic rings. The third-order valence-corrected chi connectivity index (χ3v) is 5.50. The molecule has 0 aliphatic carbocycles. The maximum absolute atomic E-state index is 11.9. The predicted octanol–water partition coefficient (Wildman–Crippen LogP) is 1.47. The van der Waals surface area contributed by atoms with Gasteiger partial charge in [-0.25, -0.2) is 4.79 Å². The van der Waals surface area contributed by atoms with E-state index in [0.29, 0.717) is 0 Å². The fourth-order valence-corrected chi connectivity index (χ4v) is 4.26. The van der Waals surface area contributed by atoms with Gasteiger partial charge >= 0.3 is 6.09 Å². The van der Waals surface area contributed by atoms with Crippen LogP contribution in [0.4, 0.5) is 4.79 Å². The summed E-state index contributed by atoms with van der Waals surface area (Å²) in [5.41, 5.74) is -1.99. The van der Waals surface area contributed by atoms with Gasteiger partial charge in [-0.1, -0.05) is 0 Å². The monoisotopic (exact) mass is 303 g/mol. The zero-order chi connectivity index (χ0) is 15.0. The van der Waals surface area contributed by atoms with Crippen LogP contribution in [-0.4, -0.2) is 63.6 Å². The quantitative estimate of drug-likeness (QED) is 0.808. The molecule has 0 saturated carbocycles. The highest BCUT2D eigenvalue weighted by Gasteiger charge is 2.58. The van der Waals surface area contributed by atoms with Gasteiger partial charge in [0.1, 0.15) is 11.2 Å². The van der Waals surface area contributed by atoms with E-state index in [4.69, 9.17) is 4.74 Å². The van der Waals surface area contributed by atoms with Gasteiger partial charge in [0.2, 0.25) is 0 Å². The number of aliphatic hydroxyl groups excluding tert-OH is 1. The number of hydrogen-bond acceptors (Lipinski definition) is 5. The van der Waals surface area contributed by atoms with Crippen molar-refractivity contribution in [2.24, 2.45) is 5.41 Å². The van der Waals surface area contributed by atoms with Crippen LogP contribution >= 0.6 is 11.8 Å². The topological polar surface area (TPSA) is 70.0 Å². The van der Waals surface area contributed by atoms with Crippen molar-refractivity contribution in [2.45, 2.75) is 44.8 Å². The lowest BCUT2D eigenvalue weighted by Crippen LogP contribution is -2.73. The number of aliphatic hydroxyl groups is 2. The van der Waals surface area contributed by atoms with Gasteiger partial charge < -0.3 is 19.8 Å². The van der Waals surface area contributed by atoms with E-state index in [9.17, 15) is 15.0 Å². The van der Waals surface area contributed by atoms with Crippen molar-refractivity contribution in [1.82, 2.24) is 4.90 Å². The third-order valence-electron chi connectivity index (χ3n) is 4.17. The molecule has 2 aliphatic rings. The molecule has 0 aromatic heterocycles. The van der Waals surface area contributed by atoms with Crippen LogP contribution in [0.25, 0.3) is 0 Å². The number of ether oxygens (including phenoxy) is 1. The van der Waals surface area contributed by atoms with Crippen LogP contribution in [0.5, 0.6) is 0 Å². The van der Waals surface area contributed by atoms with Gasteiger partial charge in [0.25, 0.3) is 0 Å². The number of nitrogens with zero attached hydrogens (tertiary/aromatic N) is 1. The molecular weight excluding hydrogens is 278 g/mol. The van der Waals surface area contributed by atoms with Crippen LogP contribution in [0, 0.1) is 5.41 Å². The zero-order valence-electron chi connectivity index (χ0n) is 12.5. The number of β-amino-alcohol motifs (C(OH)–C–C–N with tert-alkyl or cyclic N) is 1. The van der Waals surface area contributed by atoms with Crippen molar-refractivity contribution in [2.75, 3.05) is 31.2 Å². The molecule has 2 aliphatic heterocycles. The molecule has 0 radical (unpaired) electrons. The summed E-state index contributed by atoms with van der Waals surface area (Å²) in [6.07, 6.45) is 1.42. The Hall–Kier alpha value is -0.460. The van der Waals surface area contributed by atoms with E-state index in [1.54, 1.807) is 11.8 Å². The molecule has 1 atom stereocenters. The van der Waals surface area contributed by atoms with Crippen LogP contribution in [0.1, 0.15) is 33.6 Å². The first-order valence-electron chi connectivity index (χ1n) is 7.10. The molecule has 116 valence electrons. The average Bonchev–Trinajstić information content (AvgIpc) is 2.33. The summed E-state index contributed by atoms with van der Waals surface area (Å²) in [6, 6.07) is 0. The Labute approximate surface area is 124 Å². The number of thioether (sulfide) groups is 1. The molecule has 6 heteroatoms. The fourth-order valence-electron chi connectivity index (χ4n) is 2.87. The molecule has 5 nitrogen and oxygen atoms in total. The maximum Gasteiger partial charge on any atom is 0.410 e. The number of likely N-dealkylation sites (tertiary alicyclic amines) is 1. The van der Waals surface area contributed by atoms with E-state index in [1.807, 2.05) is 20.8 Å². The molecular formula is C14H25NO4S. The first kappa shape index (κ1) is 15.9. The predicted molar refractivity (Wildman–Crippen MR) is 78.8 cm³/mol. The van der Waals surface area contributed by atoms with Crippen LogP contribution < -0.4 is 0 Å². The number of amides is 1. The van der Waals surface area contributed by atoms with Crippen molar-refractivity contribution >= 4 is 17.9 Å². The molecule has 1 amide bonds. The SMILES string of the molecule is CC(C)(C)OC(=O)N1CC(O)(C2(CO)CCCSC2)C1. The van der Waals surface area contributed by atoms with Gasteiger partial charge in [-0.2, -0.15) is 11.8 Å². The van der Waals surface area contributed by atoms with Crippen LogP contribution in [0.3, 0.4) is 0 Å². The van der Waals surface area contributed by atoms with Gasteiger partial charge in [0, 0.05) is 11.2 Å². The average molecular weight is 303 g/mol. The Bertz CT molecular complexity index is 368. The summed E-state index contributed by atoms with van der Waals surface area (Å²) in [5.74, 6) is 1.83. The number of rotatable bonds is 2. The van der Waals surface area contributed by atoms with Gasteiger partial charge in [-0.15, -0.1) is 0 Å². The lowest BCUT2D eigenvalue weighted by molar-refractivity contribution is -0.181. The summed E-state index contributed by atoms with van der Waals surface area (Å²) in [4.78, 5) is 13.4. The Morgan fingerprint density at radius 2 is 2.05 bits per heavy atom. The van der Waals surface area contributed by atoms with Gasteiger partial charge in [-0.05, 0) is 39.4 Å². The minimum Gasteiger partial charge on any atom is -0.444 e. The standard InChI is InChI=1S/C14H25NO4S/c1-12(2,3)19-11(17)15-7-14(18,8-15)13(9-16)5-4-6-20-10-13/h16,18H,4-10H2,1-3H3. The molecule has 20 heavy (non-hydrogen) atoms. The second kappa shape index (κ2) is 5.39. The van der Waals surface area contributed by atoms with Gasteiger partial charge in [-0.3, -0.25) is 0 Å². The molecule has 2 heterocycles. The summed E-state index contributed by atoms with van der Waals surface area (Å²) in [7, 11) is 0. The first-order valence-corrected chi connectivity index (χ1v) is 8.26. The second-order valence-electron chi connectivity index (χ2n) is 6.96. The van der Waals surface area contributed by atoms with Crippen LogP contribution in [0.2, 0.25) is 0 Å². The van der Waals surface area contributed by atoms with E-state index in [1.165, 1.54) is 4.90 Å². The highest BCUT2D eigenvalue weighted by atomic mass is 32.2. The molecule has 2 rings (SSSR count). The summed E-state index contributed by atoms with van der Waals surface area (Å²) >= 11 is 1.77. The lowest BCUT2D eigenvalue weighted by Gasteiger charge is -2.57. The molecule has 2 N–H and O–H groups in total. The van der Waals surface area contributed by atoms with E-state index >= 15 is 0 Å². The molecule has 2 saturated heterocycles. The fraction of sp³-hybridized carbons (Fsp3) is 0.929. The smallest absolute Gasteiger partial charge is 0.410 e. The van der Waals surface area contributed by atoms with E-state index < -0.39 is 22.7 Å². The van der Waals surface area contributed by atoms with Crippen molar-refractivity contribution < 1.29 is 19.7 Å². The molecule has 1 unspecified atom stereocenters. The lowest BCUT2D eigenvalue weighted by atomic mass is 9.66. The summed E-state index contributed by atoms with van der Waals surface area (Å²) in [6.45, 7) is 5.95. The van der Waals surface area contributed by atoms with E-state index in [0.717, 1.165) is 24.3 Å². The minimum absolute atomic E-state index is 0.0291. The van der Waals surface area contributed by atoms with Crippen molar-refractivity contribution in [3.63, 3.8) is 0 Å². The number of carbonyl (C=O) groups excluding carboxylic acids is 1. The largest absolute Gasteiger partial charge is 0.444 e. The molecule has 0 bridgehead atoms. The zero-order valence-corrected chi connectivity index (χ0v) is 13.3. The minimum atomic E-state index is -0.980. The Kier molecular flexibility index (Phi) is 4.29.